The van der Waals surface area contributed by atoms with E-state index in [1.807, 2.05) is 26.0 Å². The van der Waals surface area contributed by atoms with E-state index in [4.69, 9.17) is 14.3 Å². The molecule has 2 aliphatic rings. The van der Waals surface area contributed by atoms with Gasteiger partial charge >= 0.3 is 0 Å². The number of fused-ring (bicyclic) bond motifs is 1. The van der Waals surface area contributed by atoms with Gasteiger partial charge in [0, 0.05) is 11.6 Å². The minimum atomic E-state index is -0.963. The first-order valence-electron chi connectivity index (χ1n) is 8.87. The van der Waals surface area contributed by atoms with Crippen LogP contribution in [0.4, 0.5) is 5.69 Å². The maximum absolute atomic E-state index is 13.2. The number of ether oxygens (including phenoxy) is 2. The molecule has 2 aromatic carbocycles. The molecule has 0 radical (unpaired) electrons. The number of benzene rings is 2. The van der Waals surface area contributed by atoms with Crippen LogP contribution >= 0.6 is 0 Å². The number of amides is 2. The standard InChI is InChI=1S/C21H20N2O5/c1-11-5-8-15(12(2)9-11)23-20(24)17-18(22-28-19(17)21(23)25)14-7-6-13(26-3)10-16(14)27-4/h5-10,17,19H,1-4H3/t17-,19+/m0/s1. The third-order valence-corrected chi connectivity index (χ3v) is 5.09. The number of hydrogen-bond acceptors (Lipinski definition) is 6. The molecule has 2 amide bonds. The van der Waals surface area contributed by atoms with Crippen molar-refractivity contribution >= 4 is 23.2 Å². The number of anilines is 1. The summed E-state index contributed by atoms with van der Waals surface area (Å²) in [7, 11) is 3.08. The lowest BCUT2D eigenvalue weighted by Gasteiger charge is -2.18. The summed E-state index contributed by atoms with van der Waals surface area (Å²) >= 11 is 0. The number of carbonyl (C=O) groups is 2. The van der Waals surface area contributed by atoms with Crippen LogP contribution in [-0.4, -0.2) is 37.8 Å². The van der Waals surface area contributed by atoms with Crippen molar-refractivity contribution < 1.29 is 23.9 Å². The summed E-state index contributed by atoms with van der Waals surface area (Å²) in [4.78, 5) is 32.7. The molecule has 7 nitrogen and oxygen atoms in total. The maximum Gasteiger partial charge on any atom is 0.278 e. The van der Waals surface area contributed by atoms with Crippen LogP contribution in [0.25, 0.3) is 0 Å². The summed E-state index contributed by atoms with van der Waals surface area (Å²) in [6.45, 7) is 3.84. The predicted octanol–water partition coefficient (Wildman–Crippen LogP) is 2.61. The fraction of sp³-hybridized carbons (Fsp3) is 0.286. The van der Waals surface area contributed by atoms with Gasteiger partial charge in [-0.1, -0.05) is 22.9 Å². The van der Waals surface area contributed by atoms with Crippen LogP contribution in [-0.2, 0) is 14.4 Å². The van der Waals surface area contributed by atoms with Gasteiger partial charge in [0.1, 0.15) is 23.1 Å². The molecule has 2 atom stereocenters. The zero-order valence-electron chi connectivity index (χ0n) is 16.1. The molecule has 0 bridgehead atoms. The quantitative estimate of drug-likeness (QED) is 0.762. The molecule has 0 spiro atoms. The minimum Gasteiger partial charge on any atom is -0.497 e. The Balaban J connectivity index is 1.73. The van der Waals surface area contributed by atoms with Crippen LogP contribution in [0.5, 0.6) is 11.5 Å². The summed E-state index contributed by atoms with van der Waals surface area (Å²) < 4.78 is 10.6. The first-order valence-corrected chi connectivity index (χ1v) is 8.87. The average Bonchev–Trinajstić information content (AvgIpc) is 3.22. The molecular formula is C21H20N2O5. The van der Waals surface area contributed by atoms with Crippen molar-refractivity contribution in [3.8, 4) is 11.5 Å². The van der Waals surface area contributed by atoms with E-state index < -0.39 is 17.9 Å². The van der Waals surface area contributed by atoms with Gasteiger partial charge < -0.3 is 14.3 Å². The van der Waals surface area contributed by atoms with Crippen LogP contribution < -0.4 is 14.4 Å². The lowest BCUT2D eigenvalue weighted by atomic mass is 9.93. The zero-order valence-corrected chi connectivity index (χ0v) is 16.1. The summed E-state index contributed by atoms with van der Waals surface area (Å²) in [6.07, 6.45) is -0.963. The lowest BCUT2D eigenvalue weighted by molar-refractivity contribution is -0.126. The molecular weight excluding hydrogens is 360 g/mol. The van der Waals surface area contributed by atoms with Crippen molar-refractivity contribution in [3.05, 3.63) is 53.1 Å². The van der Waals surface area contributed by atoms with Crippen molar-refractivity contribution in [1.82, 2.24) is 0 Å². The first-order chi connectivity index (χ1) is 13.5. The SMILES string of the molecule is COc1ccc(C2=NO[C@H]3C(=O)N(c4ccc(C)cc4C)C(=O)[C@@H]23)c(OC)c1. The Kier molecular flexibility index (Phi) is 4.30. The van der Waals surface area contributed by atoms with Crippen molar-refractivity contribution in [2.45, 2.75) is 20.0 Å². The van der Waals surface area contributed by atoms with E-state index in [1.165, 1.54) is 12.0 Å². The number of carbonyl (C=O) groups excluding carboxylic acids is 2. The molecule has 144 valence electrons. The molecule has 1 saturated heterocycles. The monoisotopic (exact) mass is 380 g/mol. The van der Waals surface area contributed by atoms with Crippen LogP contribution in [0, 0.1) is 19.8 Å². The van der Waals surface area contributed by atoms with E-state index >= 15 is 0 Å². The Morgan fingerprint density at radius 1 is 1.00 bits per heavy atom. The minimum absolute atomic E-state index is 0.351. The third-order valence-electron chi connectivity index (χ3n) is 5.09. The zero-order chi connectivity index (χ0) is 20.0. The van der Waals surface area contributed by atoms with Crippen molar-refractivity contribution in [3.63, 3.8) is 0 Å². The Morgan fingerprint density at radius 3 is 2.46 bits per heavy atom. The van der Waals surface area contributed by atoms with Crippen LogP contribution in [0.1, 0.15) is 16.7 Å². The van der Waals surface area contributed by atoms with E-state index in [0.29, 0.717) is 28.5 Å². The van der Waals surface area contributed by atoms with Gasteiger partial charge in [0.2, 0.25) is 12.0 Å². The number of rotatable bonds is 4. The summed E-state index contributed by atoms with van der Waals surface area (Å²) in [5.41, 5.74) is 3.46. The molecule has 0 saturated carbocycles. The van der Waals surface area contributed by atoms with E-state index in [1.54, 1.807) is 31.4 Å². The number of imide groups is 1. The van der Waals surface area contributed by atoms with Gasteiger partial charge in [-0.3, -0.25) is 9.59 Å². The second kappa shape index (κ2) is 6.67. The van der Waals surface area contributed by atoms with E-state index in [-0.39, 0.29) is 5.91 Å². The van der Waals surface area contributed by atoms with E-state index in [0.717, 1.165) is 11.1 Å². The van der Waals surface area contributed by atoms with Gasteiger partial charge in [0.25, 0.3) is 5.91 Å². The molecule has 0 aliphatic carbocycles. The number of oxime groups is 1. The predicted molar refractivity (Wildman–Crippen MR) is 103 cm³/mol. The number of hydrogen-bond donors (Lipinski definition) is 0. The fourth-order valence-corrected chi connectivity index (χ4v) is 3.70. The summed E-state index contributed by atoms with van der Waals surface area (Å²) in [6, 6.07) is 10.8. The fourth-order valence-electron chi connectivity index (χ4n) is 3.70. The molecule has 7 heteroatoms. The molecule has 0 aromatic heterocycles. The van der Waals surface area contributed by atoms with E-state index in [9.17, 15) is 9.59 Å². The summed E-state index contributed by atoms with van der Waals surface area (Å²) in [5.74, 6) is -0.463. The molecule has 4 rings (SSSR count). The smallest absolute Gasteiger partial charge is 0.278 e. The van der Waals surface area contributed by atoms with E-state index in [2.05, 4.69) is 5.16 Å². The first kappa shape index (κ1) is 18.0. The second-order valence-corrected chi connectivity index (χ2v) is 6.85. The van der Waals surface area contributed by atoms with Gasteiger partial charge in [0.05, 0.1) is 19.9 Å². The van der Waals surface area contributed by atoms with Crippen LogP contribution in [0.3, 0.4) is 0 Å². The second-order valence-electron chi connectivity index (χ2n) is 6.85. The molecule has 2 heterocycles. The Hall–Kier alpha value is -3.35. The maximum atomic E-state index is 13.2. The van der Waals surface area contributed by atoms with Gasteiger partial charge in [0.15, 0.2) is 0 Å². The summed E-state index contributed by atoms with van der Waals surface area (Å²) in [5, 5.41) is 4.05. The molecule has 2 aromatic rings. The van der Waals surface area contributed by atoms with Gasteiger partial charge in [-0.2, -0.15) is 0 Å². The van der Waals surface area contributed by atoms with Gasteiger partial charge in [-0.15, -0.1) is 0 Å². The molecule has 2 aliphatic heterocycles. The average molecular weight is 380 g/mol. The topological polar surface area (TPSA) is 77.4 Å². The highest BCUT2D eigenvalue weighted by Gasteiger charge is 2.56. The van der Waals surface area contributed by atoms with Crippen LogP contribution in [0.15, 0.2) is 41.6 Å². The van der Waals surface area contributed by atoms with Crippen LogP contribution in [0.2, 0.25) is 0 Å². The number of nitrogens with zero attached hydrogens (tertiary/aromatic N) is 2. The lowest BCUT2D eigenvalue weighted by Crippen LogP contribution is -2.33. The largest absolute Gasteiger partial charge is 0.497 e. The Morgan fingerprint density at radius 2 is 1.79 bits per heavy atom. The molecule has 1 fully saturated rings. The molecule has 28 heavy (non-hydrogen) atoms. The normalized spacial score (nSPS) is 20.7. The number of aryl methyl sites for hydroxylation is 2. The van der Waals surface area contributed by atoms with Crippen molar-refractivity contribution in [1.29, 1.82) is 0 Å². The highest BCUT2D eigenvalue weighted by Crippen LogP contribution is 2.38. The Bertz CT molecular complexity index is 1010. The van der Waals surface area contributed by atoms with Gasteiger partial charge in [-0.25, -0.2) is 4.90 Å². The highest BCUT2D eigenvalue weighted by atomic mass is 16.7. The van der Waals surface area contributed by atoms with Gasteiger partial charge in [-0.05, 0) is 37.6 Å². The number of methoxy groups -OCH3 is 2. The van der Waals surface area contributed by atoms with Crippen molar-refractivity contribution in [2.24, 2.45) is 11.1 Å². The third kappa shape index (κ3) is 2.62. The van der Waals surface area contributed by atoms with Crippen molar-refractivity contribution in [2.75, 3.05) is 19.1 Å². The molecule has 0 unspecified atom stereocenters. The molecule has 0 N–H and O–H groups in total. The highest BCUT2D eigenvalue weighted by molar-refractivity contribution is 6.33. The Labute approximate surface area is 162 Å².